The van der Waals surface area contributed by atoms with Gasteiger partial charge in [0.25, 0.3) is 5.91 Å². The Morgan fingerprint density at radius 3 is 2.61 bits per heavy atom. The molecular weight excluding hydrogens is 254 g/mol. The van der Waals surface area contributed by atoms with Crippen LogP contribution >= 0.6 is 0 Å². The molecule has 1 fully saturated rings. The van der Waals surface area contributed by atoms with Crippen LogP contribution in [0.1, 0.15) is 16.1 Å². The quantitative estimate of drug-likeness (QED) is 0.764. The maximum Gasteiger partial charge on any atom is 0.255 e. The van der Waals surface area contributed by atoms with Crippen LogP contribution in [0.15, 0.2) is 12.3 Å². The minimum absolute atomic E-state index is 0.0214. The molecule has 18 heavy (non-hydrogen) atoms. The smallest absolute Gasteiger partial charge is 0.255 e. The molecule has 0 atom stereocenters. The van der Waals surface area contributed by atoms with Crippen molar-refractivity contribution < 1.29 is 13.2 Å². The van der Waals surface area contributed by atoms with Crippen molar-refractivity contribution in [3.8, 4) is 0 Å². The lowest BCUT2D eigenvalue weighted by molar-refractivity contribution is 0.0769. The van der Waals surface area contributed by atoms with E-state index in [1.54, 1.807) is 13.0 Å². The summed E-state index contributed by atoms with van der Waals surface area (Å²) in [6.07, 6.45) is 1.49. The molecule has 6 nitrogen and oxygen atoms in total. The van der Waals surface area contributed by atoms with Crippen LogP contribution in [0.3, 0.4) is 0 Å². The van der Waals surface area contributed by atoms with Gasteiger partial charge in [-0.15, -0.1) is 0 Å². The summed E-state index contributed by atoms with van der Waals surface area (Å²) >= 11 is 0. The first kappa shape index (κ1) is 12.8. The van der Waals surface area contributed by atoms with Crippen LogP contribution in [0, 0.1) is 6.92 Å². The van der Waals surface area contributed by atoms with Gasteiger partial charge in [0.05, 0.1) is 34.6 Å². The molecule has 7 heteroatoms. The summed E-state index contributed by atoms with van der Waals surface area (Å²) in [5, 5.41) is 0. The average molecular weight is 269 g/mol. The minimum atomic E-state index is -2.98. The summed E-state index contributed by atoms with van der Waals surface area (Å²) in [6.45, 7) is 2.19. The fourth-order valence-corrected chi connectivity index (χ4v) is 3.05. The van der Waals surface area contributed by atoms with Crippen molar-refractivity contribution in [1.29, 1.82) is 0 Å². The third kappa shape index (κ3) is 2.61. The van der Waals surface area contributed by atoms with E-state index in [0.717, 1.165) is 0 Å². The van der Waals surface area contributed by atoms with Crippen molar-refractivity contribution >= 4 is 21.4 Å². The highest BCUT2D eigenvalue weighted by molar-refractivity contribution is 7.91. The first-order chi connectivity index (χ1) is 8.39. The van der Waals surface area contributed by atoms with Gasteiger partial charge in [0.1, 0.15) is 0 Å². The molecule has 0 saturated carbocycles. The summed E-state index contributed by atoms with van der Waals surface area (Å²) < 4.78 is 22.6. The monoisotopic (exact) mass is 269 g/mol. The molecule has 1 aromatic rings. The number of aromatic nitrogens is 1. The zero-order valence-corrected chi connectivity index (χ0v) is 10.9. The number of carbonyl (C=O) groups is 1. The van der Waals surface area contributed by atoms with E-state index in [1.165, 1.54) is 11.1 Å². The second-order valence-electron chi connectivity index (χ2n) is 4.35. The molecule has 2 rings (SSSR count). The highest BCUT2D eigenvalue weighted by Gasteiger charge is 2.26. The van der Waals surface area contributed by atoms with E-state index in [9.17, 15) is 13.2 Å². The highest BCUT2D eigenvalue weighted by Crippen LogP contribution is 2.14. The minimum Gasteiger partial charge on any atom is -0.397 e. The third-order valence-corrected chi connectivity index (χ3v) is 4.58. The lowest BCUT2D eigenvalue weighted by Gasteiger charge is -2.27. The van der Waals surface area contributed by atoms with Gasteiger partial charge >= 0.3 is 0 Å². The van der Waals surface area contributed by atoms with E-state index >= 15 is 0 Å². The van der Waals surface area contributed by atoms with E-state index in [2.05, 4.69) is 4.98 Å². The molecule has 2 heterocycles. The molecule has 1 saturated heterocycles. The van der Waals surface area contributed by atoms with Gasteiger partial charge in [-0.2, -0.15) is 0 Å². The van der Waals surface area contributed by atoms with Crippen LogP contribution in [-0.4, -0.2) is 48.8 Å². The van der Waals surface area contributed by atoms with E-state index in [4.69, 9.17) is 5.73 Å². The molecule has 0 spiro atoms. The maximum atomic E-state index is 12.2. The SMILES string of the molecule is Cc1ncc(N)cc1C(=O)N1CCS(=O)(=O)CC1. The number of nitrogen functional groups attached to an aromatic ring is 1. The number of hydrogen-bond acceptors (Lipinski definition) is 5. The third-order valence-electron chi connectivity index (χ3n) is 2.97. The van der Waals surface area contributed by atoms with Crippen LogP contribution in [0.2, 0.25) is 0 Å². The largest absolute Gasteiger partial charge is 0.397 e. The zero-order valence-electron chi connectivity index (χ0n) is 10.1. The van der Waals surface area contributed by atoms with Crippen molar-refractivity contribution in [2.75, 3.05) is 30.3 Å². The van der Waals surface area contributed by atoms with Crippen LogP contribution in [-0.2, 0) is 9.84 Å². The van der Waals surface area contributed by atoms with Crippen LogP contribution in [0.4, 0.5) is 5.69 Å². The van der Waals surface area contributed by atoms with Gasteiger partial charge in [0, 0.05) is 13.1 Å². The van der Waals surface area contributed by atoms with Gasteiger partial charge < -0.3 is 10.6 Å². The Labute approximate surface area is 106 Å². The Morgan fingerprint density at radius 1 is 1.39 bits per heavy atom. The number of anilines is 1. The Bertz CT molecular complexity index is 569. The first-order valence-electron chi connectivity index (χ1n) is 5.61. The Hall–Kier alpha value is -1.63. The zero-order chi connectivity index (χ0) is 13.3. The topological polar surface area (TPSA) is 93.4 Å². The summed E-state index contributed by atoms with van der Waals surface area (Å²) in [6, 6.07) is 1.58. The molecule has 0 bridgehead atoms. The number of sulfone groups is 1. The van der Waals surface area contributed by atoms with E-state index in [-0.39, 0.29) is 30.5 Å². The molecule has 1 aromatic heterocycles. The maximum absolute atomic E-state index is 12.2. The van der Waals surface area contributed by atoms with Crippen LogP contribution in [0.25, 0.3) is 0 Å². The lowest BCUT2D eigenvalue weighted by atomic mass is 10.1. The molecule has 1 aliphatic rings. The summed E-state index contributed by atoms with van der Waals surface area (Å²) in [4.78, 5) is 17.8. The lowest BCUT2D eigenvalue weighted by Crippen LogP contribution is -2.44. The van der Waals surface area contributed by atoms with Crippen LogP contribution in [0.5, 0.6) is 0 Å². The molecule has 0 aromatic carbocycles. The molecular formula is C11H15N3O3S. The van der Waals surface area contributed by atoms with Crippen molar-refractivity contribution in [3.63, 3.8) is 0 Å². The van der Waals surface area contributed by atoms with Gasteiger partial charge in [-0.1, -0.05) is 0 Å². The van der Waals surface area contributed by atoms with E-state index in [1.807, 2.05) is 0 Å². The molecule has 0 aliphatic carbocycles. The van der Waals surface area contributed by atoms with Gasteiger partial charge in [0.15, 0.2) is 9.84 Å². The van der Waals surface area contributed by atoms with Crippen molar-refractivity contribution in [2.24, 2.45) is 0 Å². The average Bonchev–Trinajstić information content (AvgIpc) is 2.31. The van der Waals surface area contributed by atoms with Gasteiger partial charge in [-0.25, -0.2) is 8.42 Å². The Morgan fingerprint density at radius 2 is 2.00 bits per heavy atom. The molecule has 0 radical (unpaired) electrons. The first-order valence-corrected chi connectivity index (χ1v) is 7.43. The fourth-order valence-electron chi connectivity index (χ4n) is 1.85. The van der Waals surface area contributed by atoms with Crippen molar-refractivity contribution in [3.05, 3.63) is 23.5 Å². The van der Waals surface area contributed by atoms with Gasteiger partial charge in [0.2, 0.25) is 0 Å². The van der Waals surface area contributed by atoms with Gasteiger partial charge in [-0.05, 0) is 13.0 Å². The summed E-state index contributed by atoms with van der Waals surface area (Å²) in [5.41, 5.74) is 7.07. The second-order valence-corrected chi connectivity index (χ2v) is 6.65. The molecule has 1 aliphatic heterocycles. The second kappa shape index (κ2) is 4.56. The van der Waals surface area contributed by atoms with Gasteiger partial charge in [-0.3, -0.25) is 9.78 Å². The predicted molar refractivity (Wildman–Crippen MR) is 67.9 cm³/mol. The standard InChI is InChI=1S/C11H15N3O3S/c1-8-10(6-9(12)7-13-8)11(15)14-2-4-18(16,17)5-3-14/h6-7H,2-5,12H2,1H3. The number of rotatable bonds is 1. The van der Waals surface area contributed by atoms with Crippen molar-refractivity contribution in [2.45, 2.75) is 6.92 Å². The number of nitrogens with two attached hydrogens (primary N) is 1. The van der Waals surface area contributed by atoms with E-state index in [0.29, 0.717) is 16.9 Å². The Balaban J connectivity index is 2.20. The number of nitrogens with zero attached hydrogens (tertiary/aromatic N) is 2. The summed E-state index contributed by atoms with van der Waals surface area (Å²) in [7, 11) is -2.98. The van der Waals surface area contributed by atoms with Crippen molar-refractivity contribution in [1.82, 2.24) is 9.88 Å². The van der Waals surface area contributed by atoms with Crippen LogP contribution < -0.4 is 5.73 Å². The molecule has 1 amide bonds. The number of pyridine rings is 1. The highest BCUT2D eigenvalue weighted by atomic mass is 32.2. The molecule has 98 valence electrons. The summed E-state index contributed by atoms with van der Waals surface area (Å²) in [5.74, 6) is -0.164. The normalized spacial score (nSPS) is 18.6. The number of carbonyl (C=O) groups excluding carboxylic acids is 1. The molecule has 2 N–H and O–H groups in total. The number of hydrogen-bond donors (Lipinski definition) is 1. The number of aryl methyl sites for hydroxylation is 1. The fraction of sp³-hybridized carbons (Fsp3) is 0.455. The van der Waals surface area contributed by atoms with E-state index < -0.39 is 9.84 Å². The number of amides is 1. The molecule has 0 unspecified atom stereocenters. The Kier molecular flexibility index (Phi) is 3.25. The predicted octanol–water partition coefficient (Wildman–Crippen LogP) is -0.157.